The van der Waals surface area contributed by atoms with Gasteiger partial charge in [0.05, 0.1) is 16.7 Å². The Kier molecular flexibility index (Phi) is 2.39. The van der Waals surface area contributed by atoms with E-state index < -0.39 is 5.56 Å². The summed E-state index contributed by atoms with van der Waals surface area (Å²) < 4.78 is 0. The molecule has 0 aliphatic carbocycles. The third-order valence-electron chi connectivity index (χ3n) is 2.61. The Morgan fingerprint density at radius 1 is 1.22 bits per heavy atom. The molecule has 2 aromatic heterocycles. The van der Waals surface area contributed by atoms with E-state index in [-0.39, 0.29) is 11.3 Å². The molecule has 7 heteroatoms. The molecule has 0 unspecified atom stereocenters. The summed E-state index contributed by atoms with van der Waals surface area (Å²) in [7, 11) is 0. The van der Waals surface area contributed by atoms with E-state index in [1.807, 2.05) is 0 Å². The Balaban J connectivity index is 2.70. The summed E-state index contributed by atoms with van der Waals surface area (Å²) in [5.74, 6) is -0.375. The second kappa shape index (κ2) is 3.83. The number of rotatable bonds is 0. The SMILES string of the molecule is O=c1[nH]ncc2c1c(O)nc1cc(Cl)cc(Cl)c12. The van der Waals surface area contributed by atoms with E-state index in [0.29, 0.717) is 26.3 Å². The minimum Gasteiger partial charge on any atom is -0.493 e. The first-order valence-electron chi connectivity index (χ1n) is 4.93. The van der Waals surface area contributed by atoms with Crippen LogP contribution < -0.4 is 5.56 Å². The predicted molar refractivity (Wildman–Crippen MR) is 69.3 cm³/mol. The van der Waals surface area contributed by atoms with E-state index in [2.05, 4.69) is 15.2 Å². The monoisotopic (exact) mass is 281 g/mol. The van der Waals surface area contributed by atoms with Crippen molar-refractivity contribution in [3.8, 4) is 5.88 Å². The number of H-pyrrole nitrogens is 1. The molecule has 1 aromatic carbocycles. The summed E-state index contributed by atoms with van der Waals surface area (Å²) in [6.45, 7) is 0. The molecule has 3 rings (SSSR count). The highest BCUT2D eigenvalue weighted by atomic mass is 35.5. The van der Waals surface area contributed by atoms with E-state index in [1.165, 1.54) is 6.20 Å². The van der Waals surface area contributed by atoms with Gasteiger partial charge in [0.25, 0.3) is 5.56 Å². The molecule has 2 N–H and O–H groups in total. The zero-order valence-electron chi connectivity index (χ0n) is 8.74. The molecule has 0 aliphatic rings. The summed E-state index contributed by atoms with van der Waals surface area (Å²) in [5, 5.41) is 17.5. The maximum absolute atomic E-state index is 11.6. The van der Waals surface area contributed by atoms with Gasteiger partial charge in [-0.15, -0.1) is 0 Å². The minimum absolute atomic E-state index is 0.0572. The molecule has 90 valence electrons. The molecule has 0 saturated carbocycles. The van der Waals surface area contributed by atoms with Gasteiger partial charge in [-0.3, -0.25) is 4.79 Å². The lowest BCUT2D eigenvalue weighted by Crippen LogP contribution is -2.08. The lowest BCUT2D eigenvalue weighted by Gasteiger charge is -2.06. The van der Waals surface area contributed by atoms with Gasteiger partial charge in [-0.2, -0.15) is 5.10 Å². The zero-order chi connectivity index (χ0) is 12.9. The summed E-state index contributed by atoms with van der Waals surface area (Å²) in [5.41, 5.74) is -0.115. The molecule has 0 radical (unpaired) electrons. The highest BCUT2D eigenvalue weighted by Crippen LogP contribution is 2.34. The first-order valence-corrected chi connectivity index (χ1v) is 5.68. The third-order valence-corrected chi connectivity index (χ3v) is 3.13. The fraction of sp³-hybridized carbons (Fsp3) is 0. The van der Waals surface area contributed by atoms with Gasteiger partial charge < -0.3 is 5.11 Å². The van der Waals surface area contributed by atoms with E-state index in [0.717, 1.165) is 0 Å². The van der Waals surface area contributed by atoms with Crippen LogP contribution in [0.2, 0.25) is 10.0 Å². The second-order valence-corrected chi connectivity index (χ2v) is 4.55. The van der Waals surface area contributed by atoms with Crippen molar-refractivity contribution in [1.29, 1.82) is 0 Å². The van der Waals surface area contributed by atoms with Crippen LogP contribution in [-0.2, 0) is 0 Å². The molecule has 0 bridgehead atoms. The summed E-state index contributed by atoms with van der Waals surface area (Å²) in [6.07, 6.45) is 1.42. The first kappa shape index (κ1) is 11.3. The van der Waals surface area contributed by atoms with Crippen LogP contribution in [-0.4, -0.2) is 20.3 Å². The van der Waals surface area contributed by atoms with Crippen LogP contribution in [0.3, 0.4) is 0 Å². The lowest BCUT2D eigenvalue weighted by molar-refractivity contribution is 0.462. The molecule has 5 nitrogen and oxygen atoms in total. The molecule has 0 saturated heterocycles. The highest BCUT2D eigenvalue weighted by molar-refractivity contribution is 6.40. The van der Waals surface area contributed by atoms with Crippen LogP contribution in [0.15, 0.2) is 23.1 Å². The molecule has 18 heavy (non-hydrogen) atoms. The summed E-state index contributed by atoms with van der Waals surface area (Å²) >= 11 is 12.0. The number of benzene rings is 1. The molecular weight excluding hydrogens is 277 g/mol. The number of hydrogen-bond donors (Lipinski definition) is 2. The van der Waals surface area contributed by atoms with Crippen LogP contribution in [0.4, 0.5) is 0 Å². The summed E-state index contributed by atoms with van der Waals surface area (Å²) in [4.78, 5) is 15.6. The van der Waals surface area contributed by atoms with Crippen molar-refractivity contribution in [2.45, 2.75) is 0 Å². The number of hydrogen-bond acceptors (Lipinski definition) is 4. The fourth-order valence-electron chi connectivity index (χ4n) is 1.89. The molecule has 0 aliphatic heterocycles. The van der Waals surface area contributed by atoms with Gasteiger partial charge >= 0.3 is 0 Å². The van der Waals surface area contributed by atoms with Crippen LogP contribution in [0, 0.1) is 0 Å². The zero-order valence-corrected chi connectivity index (χ0v) is 10.2. The molecule has 0 amide bonds. The van der Waals surface area contributed by atoms with E-state index in [9.17, 15) is 9.90 Å². The van der Waals surface area contributed by atoms with Crippen molar-refractivity contribution in [2.75, 3.05) is 0 Å². The van der Waals surface area contributed by atoms with Gasteiger partial charge in [-0.1, -0.05) is 23.2 Å². The average molecular weight is 282 g/mol. The predicted octanol–water partition coefficient (Wildman–Crippen LogP) is 2.48. The van der Waals surface area contributed by atoms with Gasteiger partial charge in [0.2, 0.25) is 5.88 Å². The highest BCUT2D eigenvalue weighted by Gasteiger charge is 2.14. The minimum atomic E-state index is -0.523. The number of aromatic hydroxyl groups is 1. The lowest BCUT2D eigenvalue weighted by atomic mass is 10.1. The van der Waals surface area contributed by atoms with Gasteiger partial charge in [-0.25, -0.2) is 10.1 Å². The van der Waals surface area contributed by atoms with Gasteiger partial charge in [0.1, 0.15) is 5.39 Å². The van der Waals surface area contributed by atoms with Crippen molar-refractivity contribution in [2.24, 2.45) is 0 Å². The number of nitrogens with one attached hydrogen (secondary N) is 1. The molecule has 0 fully saturated rings. The van der Waals surface area contributed by atoms with Crippen molar-refractivity contribution in [1.82, 2.24) is 15.2 Å². The van der Waals surface area contributed by atoms with Crippen LogP contribution in [0.25, 0.3) is 21.7 Å². The Bertz CT molecular complexity index is 845. The smallest absolute Gasteiger partial charge is 0.277 e. The van der Waals surface area contributed by atoms with Crippen molar-refractivity contribution in [3.05, 3.63) is 38.7 Å². The Labute approximate surface area is 110 Å². The van der Waals surface area contributed by atoms with Crippen LogP contribution in [0.5, 0.6) is 5.88 Å². The topological polar surface area (TPSA) is 78.9 Å². The second-order valence-electron chi connectivity index (χ2n) is 3.70. The average Bonchev–Trinajstić information content (AvgIpc) is 2.27. The maximum Gasteiger partial charge on any atom is 0.277 e. The van der Waals surface area contributed by atoms with E-state index in [4.69, 9.17) is 23.2 Å². The summed E-state index contributed by atoms with van der Waals surface area (Å²) in [6, 6.07) is 3.11. The maximum atomic E-state index is 11.6. The van der Waals surface area contributed by atoms with Gasteiger partial charge in [-0.05, 0) is 12.1 Å². The fourth-order valence-corrected chi connectivity index (χ4v) is 2.48. The molecule has 3 aromatic rings. The van der Waals surface area contributed by atoms with Gasteiger partial charge in [0.15, 0.2) is 0 Å². The third kappa shape index (κ3) is 1.52. The van der Waals surface area contributed by atoms with Crippen molar-refractivity contribution >= 4 is 44.9 Å². The molecule has 2 heterocycles. The van der Waals surface area contributed by atoms with Crippen molar-refractivity contribution < 1.29 is 5.11 Å². The quantitative estimate of drug-likeness (QED) is 0.621. The van der Waals surface area contributed by atoms with Gasteiger partial charge in [0, 0.05) is 15.8 Å². The number of fused-ring (bicyclic) bond motifs is 3. The first-order chi connectivity index (χ1) is 8.58. The number of pyridine rings is 1. The number of aromatic nitrogens is 3. The van der Waals surface area contributed by atoms with Crippen molar-refractivity contribution in [3.63, 3.8) is 0 Å². The molecule has 0 atom stereocenters. The molecule has 0 spiro atoms. The number of aromatic amines is 1. The van der Waals surface area contributed by atoms with Crippen LogP contribution >= 0.6 is 23.2 Å². The number of halogens is 2. The Morgan fingerprint density at radius 2 is 2.00 bits per heavy atom. The standard InChI is InChI=1S/C11H5Cl2N3O2/c12-4-1-6(13)8-5-3-14-16-11(18)9(5)10(17)15-7(8)2-4/h1-3H,(H,15,17)(H,16,18). The molecular formula is C11H5Cl2N3O2. The number of nitrogens with zero attached hydrogens (tertiary/aromatic N) is 2. The van der Waals surface area contributed by atoms with E-state index >= 15 is 0 Å². The largest absolute Gasteiger partial charge is 0.493 e. The Morgan fingerprint density at radius 3 is 2.78 bits per heavy atom. The van der Waals surface area contributed by atoms with E-state index in [1.54, 1.807) is 12.1 Å². The Hall–Kier alpha value is -1.85. The van der Waals surface area contributed by atoms with Crippen LogP contribution in [0.1, 0.15) is 0 Å². The normalized spacial score (nSPS) is 11.2.